The van der Waals surface area contributed by atoms with Crippen LogP contribution in [0.5, 0.6) is 0 Å². The molecule has 0 radical (unpaired) electrons. The summed E-state index contributed by atoms with van der Waals surface area (Å²) >= 11 is 5.96. The normalized spacial score (nSPS) is 11.9. The van der Waals surface area contributed by atoms with Gasteiger partial charge in [0, 0.05) is 30.4 Å². The maximum Gasteiger partial charge on any atom is 0.282 e. The monoisotopic (exact) mass is 444 g/mol. The molecular weight excluding hydrogens is 424 g/mol. The number of para-hydroxylation sites is 1. The van der Waals surface area contributed by atoms with Crippen molar-refractivity contribution in [3.63, 3.8) is 0 Å². The molecule has 0 fully saturated rings. The third-order valence-corrected chi connectivity index (χ3v) is 5.09. The SMILES string of the molecule is Cc1nc2ccccc2c(=O)n1/N=C(\N=Nc1ccc(Cl)cc1)c1ccc(N(C)C)cc1. The number of aromatic nitrogens is 2. The Hall–Kier alpha value is -3.84. The van der Waals surface area contributed by atoms with Gasteiger partial charge in [0.05, 0.1) is 16.6 Å². The Morgan fingerprint density at radius 1 is 0.969 bits per heavy atom. The quantitative estimate of drug-likeness (QED) is 0.239. The van der Waals surface area contributed by atoms with Crippen LogP contribution in [0, 0.1) is 6.92 Å². The number of azo groups is 1. The van der Waals surface area contributed by atoms with Gasteiger partial charge in [-0.3, -0.25) is 4.79 Å². The lowest BCUT2D eigenvalue weighted by molar-refractivity contribution is 0.764. The molecule has 0 bridgehead atoms. The van der Waals surface area contributed by atoms with Gasteiger partial charge in [-0.1, -0.05) is 23.7 Å². The van der Waals surface area contributed by atoms with Gasteiger partial charge in [-0.15, -0.1) is 15.3 Å². The highest BCUT2D eigenvalue weighted by Gasteiger charge is 2.10. The average Bonchev–Trinajstić information content (AvgIpc) is 2.80. The van der Waals surface area contributed by atoms with Gasteiger partial charge in [-0.05, 0) is 67.6 Å². The summed E-state index contributed by atoms with van der Waals surface area (Å²) in [5, 5.41) is 14.3. The van der Waals surface area contributed by atoms with E-state index in [-0.39, 0.29) is 11.4 Å². The fraction of sp³-hybridized carbons (Fsp3) is 0.125. The van der Waals surface area contributed by atoms with Gasteiger partial charge < -0.3 is 4.90 Å². The summed E-state index contributed by atoms with van der Waals surface area (Å²) in [4.78, 5) is 19.6. The van der Waals surface area contributed by atoms with Gasteiger partial charge in [0.25, 0.3) is 5.56 Å². The fourth-order valence-corrected chi connectivity index (χ4v) is 3.23. The number of halogens is 1. The Morgan fingerprint density at radius 3 is 2.34 bits per heavy atom. The number of hydrogen-bond acceptors (Lipinski definition) is 5. The number of rotatable bonds is 4. The van der Waals surface area contributed by atoms with Crippen LogP contribution in [0.2, 0.25) is 5.02 Å². The first-order valence-electron chi connectivity index (χ1n) is 9.95. The molecule has 160 valence electrons. The van der Waals surface area contributed by atoms with Crippen LogP contribution < -0.4 is 10.5 Å². The molecule has 0 saturated heterocycles. The van der Waals surface area contributed by atoms with E-state index >= 15 is 0 Å². The number of anilines is 1. The molecular formula is C24H21ClN6O. The van der Waals surface area contributed by atoms with Crippen molar-refractivity contribution in [3.8, 4) is 0 Å². The van der Waals surface area contributed by atoms with Crippen LogP contribution >= 0.6 is 11.6 Å². The molecule has 0 saturated carbocycles. The van der Waals surface area contributed by atoms with Gasteiger partial charge in [0.1, 0.15) is 5.82 Å². The maximum atomic E-state index is 13.1. The van der Waals surface area contributed by atoms with Crippen molar-refractivity contribution < 1.29 is 0 Å². The zero-order valence-corrected chi connectivity index (χ0v) is 18.7. The molecule has 1 heterocycles. The van der Waals surface area contributed by atoms with E-state index in [1.165, 1.54) is 4.68 Å². The zero-order chi connectivity index (χ0) is 22.7. The van der Waals surface area contributed by atoms with Gasteiger partial charge in [0.15, 0.2) is 0 Å². The molecule has 0 unspecified atom stereocenters. The second-order valence-electron chi connectivity index (χ2n) is 7.33. The number of amidine groups is 1. The van der Waals surface area contributed by atoms with Crippen molar-refractivity contribution in [2.45, 2.75) is 6.92 Å². The van der Waals surface area contributed by atoms with Crippen LogP contribution in [0.25, 0.3) is 10.9 Å². The van der Waals surface area contributed by atoms with Gasteiger partial charge >= 0.3 is 0 Å². The van der Waals surface area contributed by atoms with E-state index in [1.54, 1.807) is 49.4 Å². The van der Waals surface area contributed by atoms with Crippen molar-refractivity contribution >= 4 is 39.7 Å². The average molecular weight is 445 g/mol. The molecule has 3 aromatic carbocycles. The fourth-order valence-electron chi connectivity index (χ4n) is 3.10. The Labute approximate surface area is 190 Å². The van der Waals surface area contributed by atoms with Gasteiger partial charge in [-0.25, -0.2) is 4.98 Å². The minimum Gasteiger partial charge on any atom is -0.378 e. The van der Waals surface area contributed by atoms with Crippen molar-refractivity contribution in [2.24, 2.45) is 15.3 Å². The number of fused-ring (bicyclic) bond motifs is 1. The molecule has 0 amide bonds. The summed E-state index contributed by atoms with van der Waals surface area (Å²) < 4.78 is 1.26. The number of benzene rings is 3. The zero-order valence-electron chi connectivity index (χ0n) is 17.9. The molecule has 0 atom stereocenters. The molecule has 0 aliphatic rings. The van der Waals surface area contributed by atoms with Crippen LogP contribution in [0.15, 0.2) is 92.9 Å². The lowest BCUT2D eigenvalue weighted by Crippen LogP contribution is -2.22. The Bertz CT molecular complexity index is 1370. The molecule has 0 aliphatic heterocycles. The topological polar surface area (TPSA) is 75.2 Å². The van der Waals surface area contributed by atoms with Crippen LogP contribution in [-0.2, 0) is 0 Å². The first-order valence-corrected chi connectivity index (χ1v) is 10.3. The smallest absolute Gasteiger partial charge is 0.282 e. The molecule has 4 aromatic rings. The summed E-state index contributed by atoms with van der Waals surface area (Å²) in [5.74, 6) is 0.741. The van der Waals surface area contributed by atoms with E-state index in [9.17, 15) is 4.79 Å². The second kappa shape index (κ2) is 9.11. The van der Waals surface area contributed by atoms with Crippen molar-refractivity contribution in [1.82, 2.24) is 9.66 Å². The predicted octanol–water partition coefficient (Wildman–Crippen LogP) is 5.42. The summed E-state index contributed by atoms with van der Waals surface area (Å²) in [6.07, 6.45) is 0. The number of nitrogens with zero attached hydrogens (tertiary/aromatic N) is 6. The van der Waals surface area contributed by atoms with Crippen LogP contribution in [0.3, 0.4) is 0 Å². The Balaban J connectivity index is 1.85. The first-order chi connectivity index (χ1) is 15.4. The van der Waals surface area contributed by atoms with Crippen molar-refractivity contribution in [1.29, 1.82) is 0 Å². The van der Waals surface area contributed by atoms with E-state index in [1.807, 2.05) is 49.3 Å². The van der Waals surface area contributed by atoms with E-state index in [0.29, 0.717) is 33.0 Å². The predicted molar refractivity (Wildman–Crippen MR) is 129 cm³/mol. The minimum absolute atomic E-state index is 0.266. The summed E-state index contributed by atoms with van der Waals surface area (Å²) in [7, 11) is 3.93. The highest BCUT2D eigenvalue weighted by atomic mass is 35.5. The standard InChI is InChI=1S/C24H21ClN6O/c1-16-26-22-7-5-4-6-21(22)24(32)31(16)29-23(17-8-14-20(15-9-17)30(2)3)28-27-19-12-10-18(25)11-13-19/h4-15H,1-3H3/b28-27?,29-23-. The molecule has 0 spiro atoms. The Kier molecular flexibility index (Phi) is 6.09. The lowest BCUT2D eigenvalue weighted by atomic mass is 10.2. The maximum absolute atomic E-state index is 13.1. The van der Waals surface area contributed by atoms with Crippen LogP contribution in [-0.4, -0.2) is 29.6 Å². The first kappa shape index (κ1) is 21.4. The third kappa shape index (κ3) is 4.58. The van der Waals surface area contributed by atoms with Crippen molar-refractivity contribution in [3.05, 3.63) is 99.6 Å². The van der Waals surface area contributed by atoms with E-state index in [4.69, 9.17) is 11.6 Å². The van der Waals surface area contributed by atoms with E-state index in [0.717, 1.165) is 5.69 Å². The minimum atomic E-state index is -0.266. The molecule has 4 rings (SSSR count). The molecule has 8 heteroatoms. The van der Waals surface area contributed by atoms with E-state index in [2.05, 4.69) is 20.3 Å². The largest absolute Gasteiger partial charge is 0.378 e. The summed E-state index contributed by atoms with van der Waals surface area (Å²) in [6, 6.07) is 21.9. The molecule has 0 N–H and O–H groups in total. The molecule has 7 nitrogen and oxygen atoms in total. The molecule has 0 aliphatic carbocycles. The highest BCUT2D eigenvalue weighted by Crippen LogP contribution is 2.19. The molecule has 32 heavy (non-hydrogen) atoms. The highest BCUT2D eigenvalue weighted by molar-refractivity contribution is 6.30. The van der Waals surface area contributed by atoms with Gasteiger partial charge in [-0.2, -0.15) is 4.68 Å². The van der Waals surface area contributed by atoms with Crippen LogP contribution in [0.1, 0.15) is 11.4 Å². The molecule has 1 aromatic heterocycles. The van der Waals surface area contributed by atoms with Crippen molar-refractivity contribution in [2.75, 3.05) is 19.0 Å². The number of hydrogen-bond donors (Lipinski definition) is 0. The third-order valence-electron chi connectivity index (χ3n) is 4.84. The van der Waals surface area contributed by atoms with E-state index < -0.39 is 0 Å². The summed E-state index contributed by atoms with van der Waals surface area (Å²) in [5.41, 5.74) is 2.72. The number of aryl methyl sites for hydroxylation is 1. The van der Waals surface area contributed by atoms with Crippen LogP contribution in [0.4, 0.5) is 11.4 Å². The lowest BCUT2D eigenvalue weighted by Gasteiger charge is -2.12. The Morgan fingerprint density at radius 2 is 1.66 bits per heavy atom. The summed E-state index contributed by atoms with van der Waals surface area (Å²) in [6.45, 7) is 1.74. The van der Waals surface area contributed by atoms with Gasteiger partial charge in [0.2, 0.25) is 5.84 Å². The second-order valence-corrected chi connectivity index (χ2v) is 7.77.